The molecule has 1 aliphatic carbocycles. The Bertz CT molecular complexity index is 574. The van der Waals surface area contributed by atoms with Gasteiger partial charge in [0, 0.05) is 44.7 Å². The predicted molar refractivity (Wildman–Crippen MR) is 78.0 cm³/mol. The van der Waals surface area contributed by atoms with Crippen LogP contribution in [0.5, 0.6) is 0 Å². The number of carbonyl (C=O) groups excluding carboxylic acids is 2. The molecule has 0 atom stereocenters. The molecule has 0 spiro atoms. The van der Waals surface area contributed by atoms with Crippen molar-refractivity contribution in [3.63, 3.8) is 0 Å². The molecule has 0 unspecified atom stereocenters. The highest BCUT2D eigenvalue weighted by molar-refractivity contribution is 5.93. The summed E-state index contributed by atoms with van der Waals surface area (Å²) in [5.74, 6) is -0.662. The zero-order valence-corrected chi connectivity index (χ0v) is 12.7. The van der Waals surface area contributed by atoms with E-state index in [1.54, 1.807) is 21.8 Å². The predicted octanol–water partition coefficient (Wildman–Crippen LogP) is 1.13. The van der Waals surface area contributed by atoms with Crippen molar-refractivity contribution in [2.75, 3.05) is 13.1 Å². The maximum atomic E-state index is 14.7. The van der Waals surface area contributed by atoms with Gasteiger partial charge in [0.05, 0.1) is 0 Å². The number of hydrogen-bond acceptors (Lipinski definition) is 3. The number of piperidine rings is 1. The molecule has 0 bridgehead atoms. The van der Waals surface area contributed by atoms with Gasteiger partial charge < -0.3 is 10.2 Å². The van der Waals surface area contributed by atoms with Crippen LogP contribution in [0.3, 0.4) is 0 Å². The Balaban J connectivity index is 1.61. The topological polar surface area (TPSA) is 67.2 Å². The summed E-state index contributed by atoms with van der Waals surface area (Å²) in [6, 6.07) is 1.82. The third-order valence-corrected chi connectivity index (χ3v) is 4.40. The number of aromatic nitrogens is 2. The lowest BCUT2D eigenvalue weighted by atomic mass is 9.92. The average Bonchev–Trinajstić information content (AvgIpc) is 3.20. The number of alkyl halides is 1. The number of carbonyl (C=O) groups is 2. The molecule has 2 amide bonds. The maximum Gasteiger partial charge on any atom is 0.272 e. The molecule has 2 heterocycles. The van der Waals surface area contributed by atoms with Gasteiger partial charge in [-0.2, -0.15) is 5.10 Å². The summed E-state index contributed by atoms with van der Waals surface area (Å²) in [6.45, 7) is 3.03. The Labute approximate surface area is 128 Å². The van der Waals surface area contributed by atoms with E-state index < -0.39 is 11.6 Å². The first-order valence-corrected chi connectivity index (χ1v) is 7.84. The molecule has 1 aliphatic heterocycles. The Morgan fingerprint density at radius 3 is 2.68 bits per heavy atom. The maximum absolute atomic E-state index is 14.7. The fourth-order valence-electron chi connectivity index (χ4n) is 2.76. The van der Waals surface area contributed by atoms with Crippen LogP contribution >= 0.6 is 0 Å². The fourth-order valence-corrected chi connectivity index (χ4v) is 2.76. The third-order valence-electron chi connectivity index (χ3n) is 4.40. The van der Waals surface area contributed by atoms with Crippen molar-refractivity contribution in [3.8, 4) is 0 Å². The number of hydrogen-bond donors (Lipinski definition) is 1. The first-order chi connectivity index (χ1) is 10.5. The lowest BCUT2D eigenvalue weighted by Crippen LogP contribution is -2.52. The highest BCUT2D eigenvalue weighted by atomic mass is 19.1. The molecule has 1 saturated heterocycles. The number of nitrogens with zero attached hydrogens (tertiary/aromatic N) is 3. The number of amides is 2. The minimum absolute atomic E-state index is 0.0531. The molecule has 7 heteroatoms. The number of aryl methyl sites for hydroxylation is 1. The van der Waals surface area contributed by atoms with Gasteiger partial charge in [-0.15, -0.1) is 0 Å². The first-order valence-electron chi connectivity index (χ1n) is 7.84. The lowest BCUT2D eigenvalue weighted by Gasteiger charge is -2.35. The van der Waals surface area contributed by atoms with E-state index in [1.165, 1.54) is 0 Å². The molecule has 1 N–H and O–H groups in total. The van der Waals surface area contributed by atoms with Crippen LogP contribution in [0.4, 0.5) is 4.39 Å². The van der Waals surface area contributed by atoms with E-state index in [0.717, 1.165) is 12.8 Å². The van der Waals surface area contributed by atoms with E-state index in [-0.39, 0.29) is 37.9 Å². The molecular formula is C15H21FN4O2. The minimum Gasteiger partial charge on any atom is -0.351 e. The van der Waals surface area contributed by atoms with Crippen molar-refractivity contribution in [1.82, 2.24) is 20.0 Å². The quantitative estimate of drug-likeness (QED) is 0.906. The molecule has 0 aromatic carbocycles. The Kier molecular flexibility index (Phi) is 3.88. The average molecular weight is 308 g/mol. The summed E-state index contributed by atoms with van der Waals surface area (Å²) >= 11 is 0. The van der Waals surface area contributed by atoms with Gasteiger partial charge in [0.2, 0.25) is 0 Å². The number of halogens is 1. The standard InChI is InChI=1S/C15H21FN4O2/c1-2-20-12(5-8-17-20)13(21)19-9-6-15(16,7-10-19)14(22)18-11-3-4-11/h5,8,11H,2-4,6-7,9-10H2,1H3,(H,18,22). The largest absolute Gasteiger partial charge is 0.351 e. The molecule has 3 rings (SSSR count). The molecule has 2 aliphatic rings. The monoisotopic (exact) mass is 308 g/mol. The zero-order chi connectivity index (χ0) is 15.7. The van der Waals surface area contributed by atoms with E-state index in [2.05, 4.69) is 10.4 Å². The van der Waals surface area contributed by atoms with Gasteiger partial charge in [0.1, 0.15) is 5.69 Å². The van der Waals surface area contributed by atoms with E-state index in [9.17, 15) is 14.0 Å². The van der Waals surface area contributed by atoms with Gasteiger partial charge in [-0.05, 0) is 25.8 Å². The normalized spacial score (nSPS) is 20.7. The van der Waals surface area contributed by atoms with Crippen molar-refractivity contribution < 1.29 is 14.0 Å². The van der Waals surface area contributed by atoms with Crippen LogP contribution in [0.2, 0.25) is 0 Å². The minimum atomic E-state index is -1.84. The molecule has 2 fully saturated rings. The van der Waals surface area contributed by atoms with Gasteiger partial charge in [-0.25, -0.2) is 4.39 Å². The third kappa shape index (κ3) is 2.84. The lowest BCUT2D eigenvalue weighted by molar-refractivity contribution is -0.135. The molecular weight excluding hydrogens is 287 g/mol. The Hall–Kier alpha value is -1.92. The van der Waals surface area contributed by atoms with Crippen LogP contribution in [-0.2, 0) is 11.3 Å². The van der Waals surface area contributed by atoms with Crippen LogP contribution in [-0.4, -0.2) is 51.3 Å². The zero-order valence-electron chi connectivity index (χ0n) is 12.7. The second kappa shape index (κ2) is 5.70. The van der Waals surface area contributed by atoms with E-state index in [0.29, 0.717) is 12.2 Å². The second-order valence-corrected chi connectivity index (χ2v) is 6.04. The second-order valence-electron chi connectivity index (χ2n) is 6.04. The SMILES string of the molecule is CCn1nccc1C(=O)N1CCC(F)(C(=O)NC2CC2)CC1. The summed E-state index contributed by atoms with van der Waals surface area (Å²) in [5, 5.41) is 6.80. The molecule has 120 valence electrons. The van der Waals surface area contributed by atoms with E-state index >= 15 is 0 Å². The Morgan fingerprint density at radius 1 is 1.41 bits per heavy atom. The van der Waals surface area contributed by atoms with Crippen molar-refractivity contribution in [2.24, 2.45) is 0 Å². The molecule has 0 radical (unpaired) electrons. The van der Waals surface area contributed by atoms with Gasteiger partial charge in [0.15, 0.2) is 5.67 Å². The summed E-state index contributed by atoms with van der Waals surface area (Å²) in [5.41, 5.74) is -1.33. The van der Waals surface area contributed by atoms with Crippen LogP contribution in [0, 0.1) is 0 Å². The molecule has 1 saturated carbocycles. The Morgan fingerprint density at radius 2 is 2.09 bits per heavy atom. The van der Waals surface area contributed by atoms with E-state index in [4.69, 9.17) is 0 Å². The number of likely N-dealkylation sites (tertiary alicyclic amines) is 1. The summed E-state index contributed by atoms with van der Waals surface area (Å²) < 4.78 is 16.3. The van der Waals surface area contributed by atoms with Crippen molar-refractivity contribution in [2.45, 2.75) is 50.9 Å². The summed E-state index contributed by atoms with van der Waals surface area (Å²) in [4.78, 5) is 26.0. The smallest absolute Gasteiger partial charge is 0.272 e. The van der Waals surface area contributed by atoms with Gasteiger partial charge in [0.25, 0.3) is 11.8 Å². The highest BCUT2D eigenvalue weighted by Crippen LogP contribution is 2.29. The van der Waals surface area contributed by atoms with Crippen LogP contribution in [0.15, 0.2) is 12.3 Å². The molecule has 6 nitrogen and oxygen atoms in total. The highest BCUT2D eigenvalue weighted by Gasteiger charge is 2.44. The van der Waals surface area contributed by atoms with Crippen molar-refractivity contribution in [3.05, 3.63) is 18.0 Å². The first kappa shape index (κ1) is 15.0. The molecule has 1 aromatic rings. The molecule has 1 aromatic heterocycles. The van der Waals surface area contributed by atoms with Crippen LogP contribution in [0.1, 0.15) is 43.1 Å². The number of rotatable bonds is 4. The van der Waals surface area contributed by atoms with Gasteiger partial charge in [-0.1, -0.05) is 0 Å². The fraction of sp³-hybridized carbons (Fsp3) is 0.667. The van der Waals surface area contributed by atoms with Crippen molar-refractivity contribution in [1.29, 1.82) is 0 Å². The van der Waals surface area contributed by atoms with Gasteiger partial charge in [-0.3, -0.25) is 14.3 Å². The van der Waals surface area contributed by atoms with Gasteiger partial charge >= 0.3 is 0 Å². The van der Waals surface area contributed by atoms with E-state index in [1.807, 2.05) is 6.92 Å². The van der Waals surface area contributed by atoms with Crippen molar-refractivity contribution >= 4 is 11.8 Å². The molecule has 22 heavy (non-hydrogen) atoms. The van der Waals surface area contributed by atoms with Crippen LogP contribution < -0.4 is 5.32 Å². The van der Waals surface area contributed by atoms with Crippen LogP contribution in [0.25, 0.3) is 0 Å². The number of nitrogens with one attached hydrogen (secondary N) is 1. The summed E-state index contributed by atoms with van der Waals surface area (Å²) in [6.07, 6.45) is 3.57. The summed E-state index contributed by atoms with van der Waals surface area (Å²) in [7, 11) is 0.